The standard InChI is InChI=1S/C27H26N4O2/c1-19-15-17-30(18-16-19)21-13-11-20(12-14-21)28-26(32)25-23-9-5-6-10-24(23)27(33)31(29-25)22-7-3-2-4-8-22/h2-14,19H,15-18H2,1H3,(H,28,32). The Hall–Kier alpha value is -3.93. The lowest BCUT2D eigenvalue weighted by atomic mass is 9.99. The van der Waals surface area contributed by atoms with Gasteiger partial charge in [-0.1, -0.05) is 43.3 Å². The van der Waals surface area contributed by atoms with Crippen LogP contribution in [0.5, 0.6) is 0 Å². The van der Waals surface area contributed by atoms with E-state index >= 15 is 0 Å². The molecule has 4 aromatic rings. The first-order valence-corrected chi connectivity index (χ1v) is 11.3. The van der Waals surface area contributed by atoms with Crippen molar-refractivity contribution in [3.8, 4) is 5.69 Å². The average molecular weight is 439 g/mol. The van der Waals surface area contributed by atoms with Crippen LogP contribution in [0.4, 0.5) is 11.4 Å². The van der Waals surface area contributed by atoms with Crippen LogP contribution in [-0.4, -0.2) is 28.8 Å². The average Bonchev–Trinajstić information content (AvgIpc) is 2.86. The van der Waals surface area contributed by atoms with Gasteiger partial charge in [-0.05, 0) is 61.2 Å². The number of hydrogen-bond donors (Lipinski definition) is 1. The molecule has 1 aliphatic heterocycles. The van der Waals surface area contributed by atoms with Gasteiger partial charge in [-0.2, -0.15) is 9.78 Å². The van der Waals surface area contributed by atoms with E-state index in [-0.39, 0.29) is 17.2 Å². The zero-order valence-electron chi connectivity index (χ0n) is 18.6. The molecule has 6 heteroatoms. The van der Waals surface area contributed by atoms with Gasteiger partial charge in [0.05, 0.1) is 11.1 Å². The molecular weight excluding hydrogens is 412 g/mol. The van der Waals surface area contributed by atoms with Crippen molar-refractivity contribution >= 4 is 28.1 Å². The number of amides is 1. The van der Waals surface area contributed by atoms with E-state index < -0.39 is 0 Å². The van der Waals surface area contributed by atoms with Crippen LogP contribution in [0.15, 0.2) is 83.7 Å². The van der Waals surface area contributed by atoms with Gasteiger partial charge in [0.1, 0.15) is 0 Å². The first-order valence-electron chi connectivity index (χ1n) is 11.3. The number of piperidine rings is 1. The number of carbonyl (C=O) groups is 1. The normalized spacial score (nSPS) is 14.4. The van der Waals surface area contributed by atoms with E-state index in [2.05, 4.69) is 22.2 Å². The molecule has 1 fully saturated rings. The molecule has 0 spiro atoms. The third-order valence-corrected chi connectivity index (χ3v) is 6.29. The fraction of sp³-hybridized carbons (Fsp3) is 0.222. The summed E-state index contributed by atoms with van der Waals surface area (Å²) in [6, 6.07) is 24.1. The molecule has 1 aromatic heterocycles. The monoisotopic (exact) mass is 438 g/mol. The van der Waals surface area contributed by atoms with Gasteiger partial charge < -0.3 is 10.2 Å². The Kier molecular flexibility index (Phi) is 5.65. The molecule has 0 unspecified atom stereocenters. The summed E-state index contributed by atoms with van der Waals surface area (Å²) in [6.45, 7) is 4.42. The van der Waals surface area contributed by atoms with Crippen molar-refractivity contribution < 1.29 is 4.79 Å². The molecule has 0 bridgehead atoms. The molecule has 1 saturated heterocycles. The molecule has 0 radical (unpaired) electrons. The van der Waals surface area contributed by atoms with Gasteiger partial charge in [-0.15, -0.1) is 0 Å². The number of aromatic nitrogens is 2. The highest BCUT2D eigenvalue weighted by molar-refractivity contribution is 6.11. The second-order valence-electron chi connectivity index (χ2n) is 8.62. The second kappa shape index (κ2) is 8.90. The number of nitrogens with zero attached hydrogens (tertiary/aromatic N) is 3. The number of hydrogen-bond acceptors (Lipinski definition) is 4. The van der Waals surface area contributed by atoms with Crippen molar-refractivity contribution in [3.05, 3.63) is 94.9 Å². The van der Waals surface area contributed by atoms with Gasteiger partial charge >= 0.3 is 0 Å². The predicted octanol–water partition coefficient (Wildman–Crippen LogP) is 4.87. The summed E-state index contributed by atoms with van der Waals surface area (Å²) < 4.78 is 1.29. The SMILES string of the molecule is CC1CCN(c2ccc(NC(=O)c3nn(-c4ccccc4)c(=O)c4ccccc34)cc2)CC1. The highest BCUT2D eigenvalue weighted by Crippen LogP contribution is 2.25. The highest BCUT2D eigenvalue weighted by Gasteiger charge is 2.19. The highest BCUT2D eigenvalue weighted by atomic mass is 16.2. The lowest BCUT2D eigenvalue weighted by molar-refractivity contribution is 0.102. The molecule has 0 atom stereocenters. The van der Waals surface area contributed by atoms with E-state index in [0.717, 1.165) is 19.0 Å². The fourth-order valence-electron chi connectivity index (χ4n) is 4.31. The molecule has 5 rings (SSSR count). The molecule has 1 aliphatic rings. The maximum atomic E-state index is 13.2. The van der Waals surface area contributed by atoms with Gasteiger partial charge in [0.2, 0.25) is 0 Å². The van der Waals surface area contributed by atoms with Crippen LogP contribution in [0.2, 0.25) is 0 Å². The van der Waals surface area contributed by atoms with Crippen molar-refractivity contribution in [2.45, 2.75) is 19.8 Å². The van der Waals surface area contributed by atoms with Crippen molar-refractivity contribution in [2.75, 3.05) is 23.3 Å². The number of anilines is 2. The Morgan fingerprint density at radius 1 is 0.848 bits per heavy atom. The Morgan fingerprint density at radius 2 is 1.48 bits per heavy atom. The molecule has 33 heavy (non-hydrogen) atoms. The van der Waals surface area contributed by atoms with Crippen LogP contribution in [-0.2, 0) is 0 Å². The van der Waals surface area contributed by atoms with Gasteiger partial charge in [0.15, 0.2) is 5.69 Å². The smallest absolute Gasteiger partial charge is 0.279 e. The lowest BCUT2D eigenvalue weighted by Gasteiger charge is -2.32. The Bertz CT molecular complexity index is 1340. The zero-order chi connectivity index (χ0) is 22.8. The zero-order valence-corrected chi connectivity index (χ0v) is 18.6. The lowest BCUT2D eigenvalue weighted by Crippen LogP contribution is -2.32. The summed E-state index contributed by atoms with van der Waals surface area (Å²) in [6.07, 6.45) is 2.41. The van der Waals surface area contributed by atoms with Gasteiger partial charge in [0.25, 0.3) is 11.5 Å². The fourth-order valence-corrected chi connectivity index (χ4v) is 4.31. The molecule has 0 aliphatic carbocycles. The Balaban J connectivity index is 1.45. The molecule has 166 valence electrons. The van der Waals surface area contributed by atoms with E-state index in [0.29, 0.717) is 22.1 Å². The van der Waals surface area contributed by atoms with Gasteiger partial charge in [-0.25, -0.2) is 0 Å². The van der Waals surface area contributed by atoms with Crippen molar-refractivity contribution in [3.63, 3.8) is 0 Å². The van der Waals surface area contributed by atoms with Crippen molar-refractivity contribution in [1.29, 1.82) is 0 Å². The van der Waals surface area contributed by atoms with Gasteiger partial charge in [0, 0.05) is 29.9 Å². The Labute approximate surface area is 192 Å². The largest absolute Gasteiger partial charge is 0.372 e. The number of benzene rings is 3. The minimum atomic E-state index is -0.351. The summed E-state index contributed by atoms with van der Waals surface area (Å²) in [5.41, 5.74) is 2.43. The predicted molar refractivity (Wildman–Crippen MR) is 132 cm³/mol. The summed E-state index contributed by atoms with van der Waals surface area (Å²) in [5.74, 6) is 0.428. The number of nitrogens with one attached hydrogen (secondary N) is 1. The number of para-hydroxylation sites is 1. The van der Waals surface area contributed by atoms with Crippen molar-refractivity contribution in [1.82, 2.24) is 9.78 Å². The third-order valence-electron chi connectivity index (χ3n) is 6.29. The summed E-state index contributed by atoms with van der Waals surface area (Å²) in [5, 5.41) is 8.39. The van der Waals surface area contributed by atoms with Crippen LogP contribution in [0.25, 0.3) is 16.5 Å². The maximum absolute atomic E-state index is 13.2. The summed E-state index contributed by atoms with van der Waals surface area (Å²) in [7, 11) is 0. The first kappa shape index (κ1) is 20.9. The summed E-state index contributed by atoms with van der Waals surface area (Å²) in [4.78, 5) is 28.7. The molecule has 1 N–H and O–H groups in total. The van der Waals surface area contributed by atoms with E-state index in [1.54, 1.807) is 36.4 Å². The molecule has 1 amide bonds. The van der Waals surface area contributed by atoms with Crippen LogP contribution < -0.4 is 15.8 Å². The molecular formula is C27H26N4O2. The minimum absolute atomic E-state index is 0.211. The quantitative estimate of drug-likeness (QED) is 0.493. The topological polar surface area (TPSA) is 67.2 Å². The van der Waals surface area contributed by atoms with Crippen LogP contribution in [0, 0.1) is 5.92 Å². The third kappa shape index (κ3) is 4.24. The minimum Gasteiger partial charge on any atom is -0.372 e. The number of carbonyl (C=O) groups excluding carboxylic acids is 1. The van der Waals surface area contributed by atoms with E-state index in [9.17, 15) is 9.59 Å². The first-order chi connectivity index (χ1) is 16.1. The maximum Gasteiger partial charge on any atom is 0.279 e. The molecule has 2 heterocycles. The number of rotatable bonds is 4. The van der Waals surface area contributed by atoms with Gasteiger partial charge in [-0.3, -0.25) is 9.59 Å². The summed E-state index contributed by atoms with van der Waals surface area (Å²) >= 11 is 0. The molecule has 0 saturated carbocycles. The van der Waals surface area contributed by atoms with Crippen LogP contribution in [0.3, 0.4) is 0 Å². The Morgan fingerprint density at radius 3 is 2.18 bits per heavy atom. The van der Waals surface area contributed by atoms with Crippen LogP contribution >= 0.6 is 0 Å². The van der Waals surface area contributed by atoms with E-state index in [4.69, 9.17) is 0 Å². The molecule has 6 nitrogen and oxygen atoms in total. The van der Waals surface area contributed by atoms with E-state index in [1.807, 2.05) is 42.5 Å². The second-order valence-corrected chi connectivity index (χ2v) is 8.62. The van der Waals surface area contributed by atoms with E-state index in [1.165, 1.54) is 23.2 Å². The molecule has 3 aromatic carbocycles. The van der Waals surface area contributed by atoms with Crippen molar-refractivity contribution in [2.24, 2.45) is 5.92 Å². The van der Waals surface area contributed by atoms with Crippen LogP contribution in [0.1, 0.15) is 30.3 Å². The number of fused-ring (bicyclic) bond motifs is 1.